The second-order valence-corrected chi connectivity index (χ2v) is 5.92. The molecule has 0 saturated heterocycles. The van der Waals surface area contributed by atoms with Crippen molar-refractivity contribution in [2.24, 2.45) is 0 Å². The summed E-state index contributed by atoms with van der Waals surface area (Å²) in [6.45, 7) is 3.68. The summed E-state index contributed by atoms with van der Waals surface area (Å²) < 4.78 is 6.76. The fourth-order valence-electron chi connectivity index (χ4n) is 2.29. The predicted octanol–water partition coefficient (Wildman–Crippen LogP) is 3.43. The number of halogens is 1. The summed E-state index contributed by atoms with van der Waals surface area (Å²) in [4.78, 5) is 9.17. The van der Waals surface area contributed by atoms with Crippen LogP contribution in [-0.4, -0.2) is 23.1 Å². The first-order valence-corrected chi connectivity index (χ1v) is 7.85. The number of benzene rings is 1. The molecule has 2 aromatic rings. The van der Waals surface area contributed by atoms with Crippen LogP contribution < -0.4 is 10.1 Å². The molecule has 1 aliphatic heterocycles. The molecule has 5 heteroatoms. The maximum absolute atomic E-state index is 5.71. The number of hydrogen-bond donors (Lipinski definition) is 1. The molecule has 3 rings (SSSR count). The molecule has 0 amide bonds. The molecule has 0 aliphatic carbocycles. The summed E-state index contributed by atoms with van der Waals surface area (Å²) in [6, 6.07) is 8.11. The third-order valence-electron chi connectivity index (χ3n) is 3.32. The van der Waals surface area contributed by atoms with Gasteiger partial charge in [-0.05, 0) is 35.1 Å². The molecule has 0 fully saturated rings. The molecule has 1 atom stereocenters. The molecular weight excluding hydrogens is 365 g/mol. The molecule has 0 radical (unpaired) electrons. The molecule has 1 unspecified atom stereocenters. The standard InChI is InChI=1S/C15H16IN3O/c1-2-7-17-15-12(16)8-18-14(19-15)11-9-20-13-6-4-3-5-10(11)13/h3-6,8,11H,2,7,9H2,1H3,(H,17,18,19). The van der Waals surface area contributed by atoms with E-state index in [9.17, 15) is 0 Å². The van der Waals surface area contributed by atoms with Crippen molar-refractivity contribution in [2.75, 3.05) is 18.5 Å². The van der Waals surface area contributed by atoms with Gasteiger partial charge in [0.2, 0.25) is 0 Å². The van der Waals surface area contributed by atoms with Crippen molar-refractivity contribution in [1.29, 1.82) is 0 Å². The monoisotopic (exact) mass is 381 g/mol. The van der Waals surface area contributed by atoms with Gasteiger partial charge in [0.25, 0.3) is 0 Å². The van der Waals surface area contributed by atoms with Crippen molar-refractivity contribution >= 4 is 28.4 Å². The number of aromatic nitrogens is 2. The first-order chi connectivity index (χ1) is 9.79. The number of nitrogens with one attached hydrogen (secondary N) is 1. The highest BCUT2D eigenvalue weighted by Gasteiger charge is 2.27. The second-order valence-electron chi connectivity index (χ2n) is 4.75. The molecule has 4 nitrogen and oxygen atoms in total. The number of hydrogen-bond acceptors (Lipinski definition) is 4. The van der Waals surface area contributed by atoms with Crippen LogP contribution in [0.3, 0.4) is 0 Å². The zero-order valence-corrected chi connectivity index (χ0v) is 13.4. The van der Waals surface area contributed by atoms with Crippen LogP contribution in [0.1, 0.15) is 30.7 Å². The van der Waals surface area contributed by atoms with E-state index in [4.69, 9.17) is 4.74 Å². The topological polar surface area (TPSA) is 47.0 Å². The molecule has 0 saturated carbocycles. The molecule has 20 heavy (non-hydrogen) atoms. The summed E-state index contributed by atoms with van der Waals surface area (Å²) in [7, 11) is 0. The lowest BCUT2D eigenvalue weighted by atomic mass is 10.0. The molecule has 1 aromatic heterocycles. The Kier molecular flexibility index (Phi) is 4.05. The van der Waals surface area contributed by atoms with Crippen LogP contribution in [0, 0.1) is 3.57 Å². The van der Waals surface area contributed by atoms with Crippen LogP contribution in [0.4, 0.5) is 5.82 Å². The van der Waals surface area contributed by atoms with Gasteiger partial charge in [-0.15, -0.1) is 0 Å². The fourth-order valence-corrected chi connectivity index (χ4v) is 2.74. The van der Waals surface area contributed by atoms with Gasteiger partial charge in [-0.2, -0.15) is 0 Å². The number of rotatable bonds is 4. The third kappa shape index (κ3) is 2.59. The van der Waals surface area contributed by atoms with E-state index in [1.807, 2.05) is 24.4 Å². The van der Waals surface area contributed by atoms with E-state index in [1.165, 1.54) is 5.56 Å². The number of nitrogens with zero attached hydrogens (tertiary/aromatic N) is 2. The van der Waals surface area contributed by atoms with E-state index in [0.717, 1.165) is 33.9 Å². The minimum atomic E-state index is 0.130. The minimum Gasteiger partial charge on any atom is -0.492 e. The van der Waals surface area contributed by atoms with Crippen molar-refractivity contribution in [2.45, 2.75) is 19.3 Å². The third-order valence-corrected chi connectivity index (χ3v) is 4.11. The summed E-state index contributed by atoms with van der Waals surface area (Å²) in [5.41, 5.74) is 1.18. The Bertz CT molecular complexity index is 618. The van der Waals surface area contributed by atoms with Crippen LogP contribution in [0.15, 0.2) is 30.5 Å². The molecule has 1 aliphatic rings. The largest absolute Gasteiger partial charge is 0.492 e. The number of fused-ring (bicyclic) bond motifs is 1. The van der Waals surface area contributed by atoms with Gasteiger partial charge in [0, 0.05) is 18.3 Å². The molecule has 0 bridgehead atoms. The second kappa shape index (κ2) is 5.95. The summed E-state index contributed by atoms with van der Waals surface area (Å²) in [5, 5.41) is 3.35. The predicted molar refractivity (Wildman–Crippen MR) is 87.3 cm³/mol. The van der Waals surface area contributed by atoms with E-state index < -0.39 is 0 Å². The molecule has 104 valence electrons. The lowest BCUT2D eigenvalue weighted by Gasteiger charge is -2.11. The van der Waals surface area contributed by atoms with Gasteiger partial charge in [-0.1, -0.05) is 25.1 Å². The average molecular weight is 381 g/mol. The van der Waals surface area contributed by atoms with Crippen LogP contribution in [0.25, 0.3) is 0 Å². The quantitative estimate of drug-likeness (QED) is 0.825. The molecule has 2 heterocycles. The van der Waals surface area contributed by atoms with Crippen molar-refractivity contribution in [3.63, 3.8) is 0 Å². The first-order valence-electron chi connectivity index (χ1n) is 6.77. The Balaban J connectivity index is 1.92. The molecule has 1 N–H and O–H groups in total. The molecule has 0 spiro atoms. The Morgan fingerprint density at radius 1 is 1.40 bits per heavy atom. The van der Waals surface area contributed by atoms with Crippen molar-refractivity contribution in [3.05, 3.63) is 45.4 Å². The maximum atomic E-state index is 5.71. The highest BCUT2D eigenvalue weighted by atomic mass is 127. The normalized spacial score (nSPS) is 16.6. The van der Waals surface area contributed by atoms with Crippen LogP contribution in [0.2, 0.25) is 0 Å². The molecular formula is C15H16IN3O. The Labute approximate surface area is 132 Å². The molecule has 1 aromatic carbocycles. The highest BCUT2D eigenvalue weighted by molar-refractivity contribution is 14.1. The minimum absolute atomic E-state index is 0.130. The zero-order chi connectivity index (χ0) is 13.9. The average Bonchev–Trinajstić information content (AvgIpc) is 2.90. The van der Waals surface area contributed by atoms with Crippen molar-refractivity contribution < 1.29 is 4.74 Å². The Morgan fingerprint density at radius 3 is 3.10 bits per heavy atom. The van der Waals surface area contributed by atoms with Crippen LogP contribution in [-0.2, 0) is 0 Å². The van der Waals surface area contributed by atoms with Crippen LogP contribution in [0.5, 0.6) is 5.75 Å². The van der Waals surface area contributed by atoms with Gasteiger partial charge in [0.1, 0.15) is 24.0 Å². The summed E-state index contributed by atoms with van der Waals surface area (Å²) >= 11 is 2.26. The van der Waals surface area contributed by atoms with Gasteiger partial charge in [-0.3, -0.25) is 0 Å². The highest BCUT2D eigenvalue weighted by Crippen LogP contribution is 2.36. The van der Waals surface area contributed by atoms with E-state index in [1.54, 1.807) is 0 Å². The number of ether oxygens (including phenoxy) is 1. The Morgan fingerprint density at radius 2 is 2.25 bits per heavy atom. The first kappa shape index (κ1) is 13.6. The summed E-state index contributed by atoms with van der Waals surface area (Å²) in [5.74, 6) is 2.82. The smallest absolute Gasteiger partial charge is 0.143 e. The lowest BCUT2D eigenvalue weighted by Crippen LogP contribution is -2.11. The SMILES string of the molecule is CCCNc1nc(C2COc3ccccc32)ncc1I. The lowest BCUT2D eigenvalue weighted by molar-refractivity contribution is 0.340. The van der Waals surface area contributed by atoms with E-state index in [-0.39, 0.29) is 5.92 Å². The van der Waals surface area contributed by atoms with E-state index in [0.29, 0.717) is 6.61 Å². The Hall–Kier alpha value is -1.37. The maximum Gasteiger partial charge on any atom is 0.143 e. The van der Waals surface area contributed by atoms with Crippen LogP contribution >= 0.6 is 22.6 Å². The van der Waals surface area contributed by atoms with Gasteiger partial charge in [0.15, 0.2) is 0 Å². The van der Waals surface area contributed by atoms with Gasteiger partial charge < -0.3 is 10.1 Å². The van der Waals surface area contributed by atoms with Gasteiger partial charge in [0.05, 0.1) is 9.49 Å². The van der Waals surface area contributed by atoms with Crippen molar-refractivity contribution in [3.8, 4) is 5.75 Å². The number of para-hydroxylation sites is 1. The van der Waals surface area contributed by atoms with Gasteiger partial charge >= 0.3 is 0 Å². The summed E-state index contributed by atoms with van der Waals surface area (Å²) in [6.07, 6.45) is 2.95. The van der Waals surface area contributed by atoms with Gasteiger partial charge in [-0.25, -0.2) is 9.97 Å². The van der Waals surface area contributed by atoms with E-state index >= 15 is 0 Å². The van der Waals surface area contributed by atoms with Crippen molar-refractivity contribution in [1.82, 2.24) is 9.97 Å². The number of anilines is 1. The zero-order valence-electron chi connectivity index (χ0n) is 11.3. The fraction of sp³-hybridized carbons (Fsp3) is 0.333. The van der Waals surface area contributed by atoms with E-state index in [2.05, 4.69) is 50.9 Å².